The van der Waals surface area contributed by atoms with Crippen molar-refractivity contribution in [2.24, 2.45) is 0 Å². The number of nitrogens with one attached hydrogen (secondary N) is 2. The van der Waals surface area contributed by atoms with Crippen LogP contribution in [0.1, 0.15) is 30.6 Å². The summed E-state index contributed by atoms with van der Waals surface area (Å²) in [5.74, 6) is 2.06. The standard InChI is InChI=1S/C22H23N3O2/c1-3-16(2)24-22(26)17-13-14-23-21(15-17)25-18-9-11-20(12-10-18)27-19-7-5-4-6-8-19/h4-16H,3H2,1-2H3,(H,23,25)(H,24,26). The molecule has 27 heavy (non-hydrogen) atoms. The Labute approximate surface area is 159 Å². The van der Waals surface area contributed by atoms with Crippen molar-refractivity contribution < 1.29 is 9.53 Å². The van der Waals surface area contributed by atoms with Crippen LogP contribution in [0.4, 0.5) is 11.5 Å². The molecule has 5 nitrogen and oxygen atoms in total. The number of amides is 1. The number of carbonyl (C=O) groups excluding carboxylic acids is 1. The summed E-state index contributed by atoms with van der Waals surface area (Å²) >= 11 is 0. The molecule has 138 valence electrons. The van der Waals surface area contributed by atoms with Crippen LogP contribution in [-0.4, -0.2) is 16.9 Å². The third kappa shape index (κ3) is 5.31. The van der Waals surface area contributed by atoms with Gasteiger partial charge in [0.05, 0.1) is 0 Å². The zero-order valence-electron chi connectivity index (χ0n) is 15.5. The number of ether oxygens (including phenoxy) is 1. The second-order valence-electron chi connectivity index (χ2n) is 6.28. The van der Waals surface area contributed by atoms with E-state index in [0.29, 0.717) is 11.4 Å². The molecule has 0 saturated heterocycles. The molecule has 1 unspecified atom stereocenters. The third-order valence-corrected chi connectivity index (χ3v) is 4.12. The molecule has 1 heterocycles. The SMILES string of the molecule is CCC(C)NC(=O)c1ccnc(Nc2ccc(Oc3ccccc3)cc2)c1. The van der Waals surface area contributed by atoms with E-state index in [1.165, 1.54) is 0 Å². The van der Waals surface area contributed by atoms with E-state index in [1.54, 1.807) is 18.3 Å². The van der Waals surface area contributed by atoms with Gasteiger partial charge >= 0.3 is 0 Å². The zero-order valence-corrected chi connectivity index (χ0v) is 15.5. The number of nitrogens with zero attached hydrogens (tertiary/aromatic N) is 1. The van der Waals surface area contributed by atoms with E-state index in [2.05, 4.69) is 15.6 Å². The van der Waals surface area contributed by atoms with Gasteiger partial charge in [0.2, 0.25) is 0 Å². The molecule has 0 radical (unpaired) electrons. The molecule has 0 aliphatic carbocycles. The quantitative estimate of drug-likeness (QED) is 0.611. The second-order valence-corrected chi connectivity index (χ2v) is 6.28. The Bertz CT molecular complexity index is 880. The van der Waals surface area contributed by atoms with Crippen molar-refractivity contribution in [3.8, 4) is 11.5 Å². The molecule has 0 fully saturated rings. The fourth-order valence-electron chi connectivity index (χ4n) is 2.43. The number of benzene rings is 2. The predicted octanol–water partition coefficient (Wildman–Crippen LogP) is 5.15. The van der Waals surface area contributed by atoms with E-state index >= 15 is 0 Å². The Kier molecular flexibility index (Phi) is 6.05. The molecule has 2 aromatic carbocycles. The number of pyridine rings is 1. The summed E-state index contributed by atoms with van der Waals surface area (Å²) in [4.78, 5) is 16.5. The molecule has 3 aromatic rings. The lowest BCUT2D eigenvalue weighted by atomic mass is 10.2. The maximum atomic E-state index is 12.3. The number of aromatic nitrogens is 1. The Morgan fingerprint density at radius 1 is 1.04 bits per heavy atom. The largest absolute Gasteiger partial charge is 0.457 e. The fourth-order valence-corrected chi connectivity index (χ4v) is 2.43. The van der Waals surface area contributed by atoms with E-state index in [9.17, 15) is 4.79 Å². The van der Waals surface area contributed by atoms with Crippen LogP contribution in [-0.2, 0) is 0 Å². The van der Waals surface area contributed by atoms with E-state index in [0.717, 1.165) is 23.6 Å². The Balaban J connectivity index is 1.65. The lowest BCUT2D eigenvalue weighted by molar-refractivity contribution is 0.0939. The van der Waals surface area contributed by atoms with Crippen LogP contribution in [0, 0.1) is 0 Å². The molecule has 0 spiro atoms. The monoisotopic (exact) mass is 361 g/mol. The van der Waals surface area contributed by atoms with Gasteiger partial charge in [-0.3, -0.25) is 4.79 Å². The molecule has 0 bridgehead atoms. The van der Waals surface area contributed by atoms with Gasteiger partial charge in [-0.2, -0.15) is 0 Å². The molecule has 1 atom stereocenters. The van der Waals surface area contributed by atoms with Crippen molar-refractivity contribution in [2.75, 3.05) is 5.32 Å². The molecule has 1 amide bonds. The zero-order chi connectivity index (χ0) is 19.1. The summed E-state index contributed by atoms with van der Waals surface area (Å²) in [6.07, 6.45) is 2.51. The van der Waals surface area contributed by atoms with Gasteiger partial charge in [0.1, 0.15) is 17.3 Å². The third-order valence-electron chi connectivity index (χ3n) is 4.12. The van der Waals surface area contributed by atoms with Crippen molar-refractivity contribution >= 4 is 17.4 Å². The molecular weight excluding hydrogens is 338 g/mol. The number of anilines is 2. The van der Waals surface area contributed by atoms with Crippen LogP contribution in [0.3, 0.4) is 0 Å². The Morgan fingerprint density at radius 3 is 2.44 bits per heavy atom. The van der Waals surface area contributed by atoms with Gasteiger partial charge in [0.25, 0.3) is 5.91 Å². The maximum absolute atomic E-state index is 12.3. The minimum atomic E-state index is -0.0959. The average Bonchev–Trinajstić information content (AvgIpc) is 2.70. The van der Waals surface area contributed by atoms with Crippen LogP contribution in [0.2, 0.25) is 0 Å². The topological polar surface area (TPSA) is 63.2 Å². The highest BCUT2D eigenvalue weighted by molar-refractivity contribution is 5.95. The van der Waals surface area contributed by atoms with Crippen molar-refractivity contribution in [2.45, 2.75) is 26.3 Å². The molecular formula is C22H23N3O2. The highest BCUT2D eigenvalue weighted by Crippen LogP contribution is 2.24. The van der Waals surface area contributed by atoms with Gasteiger partial charge in [0, 0.05) is 23.5 Å². The minimum absolute atomic E-state index is 0.0959. The molecule has 0 saturated carbocycles. The first-order valence-corrected chi connectivity index (χ1v) is 9.01. The highest BCUT2D eigenvalue weighted by Gasteiger charge is 2.09. The number of para-hydroxylation sites is 1. The van der Waals surface area contributed by atoms with Crippen molar-refractivity contribution in [1.29, 1.82) is 0 Å². The molecule has 2 N–H and O–H groups in total. The van der Waals surface area contributed by atoms with Gasteiger partial charge in [-0.1, -0.05) is 25.1 Å². The summed E-state index contributed by atoms with van der Waals surface area (Å²) in [7, 11) is 0. The summed E-state index contributed by atoms with van der Waals surface area (Å²) in [6.45, 7) is 4.02. The number of carbonyl (C=O) groups is 1. The van der Waals surface area contributed by atoms with Crippen molar-refractivity contribution in [3.63, 3.8) is 0 Å². The minimum Gasteiger partial charge on any atom is -0.457 e. The molecule has 0 aliphatic heterocycles. The lowest BCUT2D eigenvalue weighted by Crippen LogP contribution is -2.31. The van der Waals surface area contributed by atoms with Gasteiger partial charge in [0.15, 0.2) is 0 Å². The highest BCUT2D eigenvalue weighted by atomic mass is 16.5. The normalized spacial score (nSPS) is 11.5. The van der Waals surface area contributed by atoms with E-state index in [1.807, 2.05) is 68.4 Å². The summed E-state index contributed by atoms with van der Waals surface area (Å²) in [5.41, 5.74) is 1.44. The van der Waals surface area contributed by atoms with Gasteiger partial charge < -0.3 is 15.4 Å². The maximum Gasteiger partial charge on any atom is 0.251 e. The number of hydrogen-bond donors (Lipinski definition) is 2. The smallest absolute Gasteiger partial charge is 0.251 e. The fraction of sp³-hybridized carbons (Fsp3) is 0.182. The van der Waals surface area contributed by atoms with Crippen molar-refractivity contribution in [1.82, 2.24) is 10.3 Å². The van der Waals surface area contributed by atoms with Crippen LogP contribution >= 0.6 is 0 Å². The van der Waals surface area contributed by atoms with Gasteiger partial charge in [-0.05, 0) is 61.9 Å². The second kappa shape index (κ2) is 8.85. The molecule has 0 aliphatic rings. The molecule has 3 rings (SSSR count). The van der Waals surface area contributed by atoms with Crippen LogP contribution in [0.25, 0.3) is 0 Å². The molecule has 1 aromatic heterocycles. The first-order chi connectivity index (χ1) is 13.1. The van der Waals surface area contributed by atoms with Gasteiger partial charge in [-0.15, -0.1) is 0 Å². The lowest BCUT2D eigenvalue weighted by Gasteiger charge is -2.12. The average molecular weight is 361 g/mol. The predicted molar refractivity (Wildman–Crippen MR) is 108 cm³/mol. The van der Waals surface area contributed by atoms with E-state index < -0.39 is 0 Å². The Hall–Kier alpha value is -3.34. The summed E-state index contributed by atoms with van der Waals surface area (Å²) in [6, 6.07) is 20.8. The Morgan fingerprint density at radius 2 is 1.74 bits per heavy atom. The van der Waals surface area contributed by atoms with Crippen LogP contribution in [0.5, 0.6) is 11.5 Å². The first-order valence-electron chi connectivity index (χ1n) is 9.01. The number of hydrogen-bond acceptors (Lipinski definition) is 4. The van der Waals surface area contributed by atoms with E-state index in [4.69, 9.17) is 4.74 Å². The van der Waals surface area contributed by atoms with Crippen molar-refractivity contribution in [3.05, 3.63) is 78.5 Å². The first kappa shape index (κ1) is 18.5. The van der Waals surface area contributed by atoms with E-state index in [-0.39, 0.29) is 11.9 Å². The summed E-state index contributed by atoms with van der Waals surface area (Å²) in [5, 5.41) is 6.17. The summed E-state index contributed by atoms with van der Waals surface area (Å²) < 4.78 is 5.79. The van der Waals surface area contributed by atoms with Crippen LogP contribution in [0.15, 0.2) is 72.9 Å². The number of rotatable bonds is 7. The molecule has 5 heteroatoms. The van der Waals surface area contributed by atoms with Crippen LogP contribution < -0.4 is 15.4 Å². The van der Waals surface area contributed by atoms with Gasteiger partial charge in [-0.25, -0.2) is 4.98 Å².